The van der Waals surface area contributed by atoms with Crippen molar-refractivity contribution in [1.82, 2.24) is 0 Å². The Morgan fingerprint density at radius 2 is 0.429 bits per heavy atom. The zero-order valence-corrected chi connectivity index (χ0v) is 48.1. The van der Waals surface area contributed by atoms with Gasteiger partial charge in [0.25, 0.3) is 0 Å². The molecule has 0 aliphatic rings. The molecule has 10 aromatic carbocycles. The lowest BCUT2D eigenvalue weighted by atomic mass is 9.73. The zero-order valence-electron chi connectivity index (χ0n) is 47.3. The Labute approximate surface area is 512 Å². The van der Waals surface area contributed by atoms with E-state index in [1.54, 1.807) is 48.5 Å². The van der Waals surface area contributed by atoms with Crippen molar-refractivity contribution < 1.29 is 89.6 Å². The minimum Gasteiger partial charge on any atom is -0.457 e. The van der Waals surface area contributed by atoms with Crippen LogP contribution in [0.2, 0.25) is 0 Å². The molecule has 0 bridgehead atoms. The minimum atomic E-state index is -5.93. The lowest BCUT2D eigenvalue weighted by molar-refractivity contribution is -0.290. The van der Waals surface area contributed by atoms with Gasteiger partial charge < -0.3 is 18.9 Å². The highest BCUT2D eigenvalue weighted by Crippen LogP contribution is 2.58. The molecule has 0 fully saturated rings. The van der Waals surface area contributed by atoms with Crippen molar-refractivity contribution in [3.8, 4) is 46.0 Å². The van der Waals surface area contributed by atoms with Crippen molar-refractivity contribution in [2.24, 2.45) is 0 Å². The molecule has 464 valence electrons. The third-order valence-electron chi connectivity index (χ3n) is 14.9. The van der Waals surface area contributed by atoms with Gasteiger partial charge in [0.1, 0.15) is 46.0 Å². The maximum atomic E-state index is 15.1. The number of alkyl halides is 12. The number of hydrogen-bond donors (Lipinski definition) is 0. The van der Waals surface area contributed by atoms with Gasteiger partial charge in [-0.25, -0.2) is 8.42 Å². The molecule has 10 aromatic rings. The van der Waals surface area contributed by atoms with Crippen LogP contribution >= 0.6 is 0 Å². The summed E-state index contributed by atoms with van der Waals surface area (Å²) in [5.41, 5.74) is -10.4. The molecule has 0 amide bonds. The number of rotatable bonds is 18. The van der Waals surface area contributed by atoms with Crippen LogP contribution < -0.4 is 18.9 Å². The third-order valence-corrected chi connectivity index (χ3v) is 16.7. The maximum Gasteiger partial charge on any atom is 0.411 e. The number of aryl methyl sites for hydroxylation is 2. The normalized spacial score (nSPS) is 12.5. The van der Waals surface area contributed by atoms with Gasteiger partial charge in [0.2, 0.25) is 20.7 Å². The molecule has 91 heavy (non-hydrogen) atoms. The van der Waals surface area contributed by atoms with Crippen molar-refractivity contribution in [3.05, 3.63) is 298 Å². The van der Waals surface area contributed by atoms with E-state index in [-0.39, 0.29) is 67.4 Å². The van der Waals surface area contributed by atoms with Crippen molar-refractivity contribution in [2.45, 2.75) is 59.2 Å². The zero-order chi connectivity index (χ0) is 65.3. The fourth-order valence-corrected chi connectivity index (χ4v) is 11.5. The van der Waals surface area contributed by atoms with Crippen LogP contribution in [0.3, 0.4) is 0 Å². The SMILES string of the molecule is Cc1ccc(C(=O)c2ccc(Oc3ccc(C(c4ccc(Oc5ccc(S(=O)(=O)c6ccc(Oc7ccc(C(c8ccc(Oc9ccc(C(=O)c%10ccc(C)cc%10)cc9)cc8)(C(F)(F)F)C(F)(F)F)cc7)cc6)cc5)cc4)(C(F)(F)F)C(F)(F)F)cc3)cc2)cc1. The number of carbonyl (C=O) groups excluding carboxylic acids is 2. The smallest absolute Gasteiger partial charge is 0.411 e. The molecule has 21 heteroatoms. The molecule has 8 nitrogen and oxygen atoms in total. The van der Waals surface area contributed by atoms with Crippen molar-refractivity contribution in [1.29, 1.82) is 0 Å². The lowest BCUT2D eigenvalue weighted by Gasteiger charge is -2.38. The second kappa shape index (κ2) is 24.7. The number of halogens is 12. The molecular formula is C70H46F12O8S. The van der Waals surface area contributed by atoms with Crippen molar-refractivity contribution in [3.63, 3.8) is 0 Å². The highest BCUT2D eigenvalue weighted by atomic mass is 32.2. The predicted octanol–water partition coefficient (Wildman–Crippen LogP) is 19.6. The van der Waals surface area contributed by atoms with Crippen LogP contribution in [0.15, 0.2) is 252 Å². The average molecular weight is 1280 g/mol. The summed E-state index contributed by atoms with van der Waals surface area (Å²) in [6, 6.07) is 46.8. The fourth-order valence-electron chi connectivity index (χ4n) is 10.2. The largest absolute Gasteiger partial charge is 0.457 e. The van der Waals surface area contributed by atoms with Crippen molar-refractivity contribution >= 4 is 21.4 Å². The van der Waals surface area contributed by atoms with Crippen LogP contribution in [0.5, 0.6) is 46.0 Å². The van der Waals surface area contributed by atoms with E-state index in [2.05, 4.69) is 0 Å². The van der Waals surface area contributed by atoms with E-state index in [9.17, 15) is 18.0 Å². The molecule has 0 aliphatic heterocycles. The fraction of sp³-hybridized carbons (Fsp3) is 0.114. The summed E-state index contributed by atoms with van der Waals surface area (Å²) in [4.78, 5) is 25.2. The Morgan fingerprint density at radius 1 is 0.264 bits per heavy atom. The predicted molar refractivity (Wildman–Crippen MR) is 312 cm³/mol. The summed E-state index contributed by atoms with van der Waals surface area (Å²) in [7, 11) is -4.31. The van der Waals surface area contributed by atoms with E-state index in [0.717, 1.165) is 83.9 Å². The lowest BCUT2D eigenvalue weighted by Crippen LogP contribution is -2.54. The number of carbonyl (C=O) groups is 2. The van der Waals surface area contributed by atoms with Gasteiger partial charge in [-0.3, -0.25) is 9.59 Å². The summed E-state index contributed by atoms with van der Waals surface area (Å²) in [6.45, 7) is 3.73. The van der Waals surface area contributed by atoms with E-state index in [1.807, 2.05) is 13.8 Å². The van der Waals surface area contributed by atoms with Gasteiger partial charge in [-0.2, -0.15) is 52.7 Å². The molecule has 0 spiro atoms. The number of benzene rings is 10. The Kier molecular flexibility index (Phi) is 17.3. The summed E-state index contributed by atoms with van der Waals surface area (Å²) in [5.74, 6) is -1.03. The molecular weight excluding hydrogens is 1230 g/mol. The van der Waals surface area contributed by atoms with Gasteiger partial charge in [-0.15, -0.1) is 0 Å². The van der Waals surface area contributed by atoms with Crippen molar-refractivity contribution in [2.75, 3.05) is 0 Å². The first-order chi connectivity index (χ1) is 43.0. The molecule has 0 aliphatic carbocycles. The molecule has 0 N–H and O–H groups in total. The quantitative estimate of drug-likeness (QED) is 0.0618. The van der Waals surface area contributed by atoms with Gasteiger partial charge in [-0.1, -0.05) is 108 Å². The Hall–Kier alpha value is -10.2. The maximum absolute atomic E-state index is 15.1. The molecule has 0 saturated carbocycles. The third kappa shape index (κ3) is 12.9. The van der Waals surface area contributed by atoms with Gasteiger partial charge in [0, 0.05) is 22.3 Å². The first-order valence-corrected chi connectivity index (χ1v) is 28.7. The van der Waals surface area contributed by atoms with E-state index < -0.39 is 67.6 Å². The summed E-state index contributed by atoms with van der Waals surface area (Å²) >= 11 is 0. The molecule has 0 unspecified atom stereocenters. The van der Waals surface area contributed by atoms with Crippen LogP contribution in [0.4, 0.5) is 52.7 Å². The van der Waals surface area contributed by atoms with E-state index in [1.165, 1.54) is 72.8 Å². The summed E-state index contributed by atoms with van der Waals surface area (Å²) < 4.78 is 231. The number of hydrogen-bond acceptors (Lipinski definition) is 8. The Balaban J connectivity index is 0.784. The first-order valence-electron chi connectivity index (χ1n) is 27.3. The van der Waals surface area contributed by atoms with E-state index in [4.69, 9.17) is 18.9 Å². The van der Waals surface area contributed by atoms with Gasteiger partial charge in [-0.05, 0) is 182 Å². The molecule has 0 radical (unpaired) electrons. The second-order valence-electron chi connectivity index (χ2n) is 20.9. The van der Waals surface area contributed by atoms with E-state index >= 15 is 52.7 Å². The monoisotopic (exact) mass is 1270 g/mol. The molecule has 0 atom stereocenters. The van der Waals surface area contributed by atoms with Gasteiger partial charge in [0.15, 0.2) is 11.6 Å². The molecule has 0 saturated heterocycles. The van der Waals surface area contributed by atoms with Crippen LogP contribution in [0, 0.1) is 13.8 Å². The van der Waals surface area contributed by atoms with E-state index in [0.29, 0.717) is 70.8 Å². The average Bonchev–Trinajstić information content (AvgIpc) is 0.785. The number of sulfone groups is 1. The summed E-state index contributed by atoms with van der Waals surface area (Å²) in [5, 5.41) is 0. The minimum absolute atomic E-state index is 0.0682. The highest BCUT2D eigenvalue weighted by molar-refractivity contribution is 7.91. The van der Waals surface area contributed by atoms with Crippen LogP contribution in [0.25, 0.3) is 0 Å². The topological polar surface area (TPSA) is 105 Å². The number of ether oxygens (including phenoxy) is 4. The van der Waals surface area contributed by atoms with Crippen LogP contribution in [-0.4, -0.2) is 44.7 Å². The second-order valence-corrected chi connectivity index (χ2v) is 22.8. The molecule has 10 rings (SSSR count). The van der Waals surface area contributed by atoms with Crippen LogP contribution in [-0.2, 0) is 20.7 Å². The Bertz CT molecular complexity index is 4020. The first kappa shape index (κ1) is 63.9. The standard InChI is InChI=1S/C70H46F12O8S/c1-43-3-7-45(8-4-43)63(83)47-11-23-53(24-12-47)87-55-27-15-49(16-28-55)65(67(71,72)73,68(74,75)76)51-19-31-57(32-20-51)89-59-35-39-61(40-36-59)91(85,86)62-41-37-60(38-42-62)90-58-33-21-52(22-34-58)66(69(77,78)79,70(80,81)82)50-17-29-56(30-18-50)88-54-25-13-48(14-26-54)64(84)46-9-5-44(2)6-10-46/h3-42H,1-2H3. The van der Waals surface area contributed by atoms with Crippen LogP contribution in [0.1, 0.15) is 65.2 Å². The molecule has 0 aromatic heterocycles. The highest BCUT2D eigenvalue weighted by Gasteiger charge is 2.73. The van der Waals surface area contributed by atoms with Gasteiger partial charge in [0.05, 0.1) is 9.79 Å². The molecule has 0 heterocycles. The van der Waals surface area contributed by atoms with Gasteiger partial charge >= 0.3 is 24.7 Å². The summed E-state index contributed by atoms with van der Waals surface area (Å²) in [6.07, 6.45) is -23.7. The Morgan fingerprint density at radius 3 is 0.615 bits per heavy atom. The number of ketones is 2.